The summed E-state index contributed by atoms with van der Waals surface area (Å²) in [6.45, 7) is 1.82. The zero-order valence-corrected chi connectivity index (χ0v) is 16.7. The number of nitrogens with zero attached hydrogens (tertiary/aromatic N) is 3. The Morgan fingerprint density at radius 2 is 1.86 bits per heavy atom. The summed E-state index contributed by atoms with van der Waals surface area (Å²) in [5, 5.41) is 0.664. The maximum Gasteiger partial charge on any atom is 0.258 e. The second kappa shape index (κ2) is 7.56. The van der Waals surface area contributed by atoms with Crippen molar-refractivity contribution < 1.29 is 9.53 Å². The number of hydrogen-bond donors (Lipinski definition) is 0. The SMILES string of the molecule is CC(=O)c1nc2ccc(-n3ccc(OCc4ccc(Cl)cc4)cc3=O)cc2n1C. The Balaban J connectivity index is 1.60. The highest BCUT2D eigenvalue weighted by molar-refractivity contribution is 6.30. The number of benzene rings is 2. The van der Waals surface area contributed by atoms with Crippen molar-refractivity contribution in [2.75, 3.05) is 0 Å². The highest BCUT2D eigenvalue weighted by Crippen LogP contribution is 2.20. The minimum absolute atomic E-state index is 0.107. The summed E-state index contributed by atoms with van der Waals surface area (Å²) in [6.07, 6.45) is 1.67. The van der Waals surface area contributed by atoms with Crippen LogP contribution < -0.4 is 10.3 Å². The van der Waals surface area contributed by atoms with E-state index in [0.717, 1.165) is 11.1 Å². The molecule has 29 heavy (non-hydrogen) atoms. The first-order chi connectivity index (χ1) is 13.9. The molecular formula is C22H18ClN3O3. The Morgan fingerprint density at radius 3 is 2.55 bits per heavy atom. The summed E-state index contributed by atoms with van der Waals surface area (Å²) in [6, 6.07) is 16.0. The van der Waals surface area contributed by atoms with Crippen molar-refractivity contribution >= 4 is 28.4 Å². The number of pyridine rings is 1. The number of aryl methyl sites for hydroxylation is 1. The molecule has 2 aromatic heterocycles. The Labute approximate surface area is 171 Å². The van der Waals surface area contributed by atoms with Crippen molar-refractivity contribution in [2.24, 2.45) is 7.05 Å². The fourth-order valence-corrected chi connectivity index (χ4v) is 3.28. The predicted octanol–water partition coefficient (Wildman–Crippen LogP) is 4.16. The number of halogens is 1. The van der Waals surface area contributed by atoms with Gasteiger partial charge in [0.15, 0.2) is 11.6 Å². The molecule has 0 fully saturated rings. The molecule has 0 saturated heterocycles. The van der Waals surface area contributed by atoms with Gasteiger partial charge in [-0.25, -0.2) is 4.98 Å². The second-order valence-corrected chi connectivity index (χ2v) is 7.15. The van der Waals surface area contributed by atoms with E-state index < -0.39 is 0 Å². The van der Waals surface area contributed by atoms with Gasteiger partial charge in [0.25, 0.3) is 5.56 Å². The van der Waals surface area contributed by atoms with E-state index in [0.29, 0.717) is 34.4 Å². The molecule has 0 amide bonds. The molecule has 146 valence electrons. The monoisotopic (exact) mass is 407 g/mol. The fraction of sp³-hybridized carbons (Fsp3) is 0.136. The number of fused-ring (bicyclic) bond motifs is 1. The lowest BCUT2D eigenvalue weighted by Crippen LogP contribution is -2.16. The average Bonchev–Trinajstić information content (AvgIpc) is 3.04. The standard InChI is InChI=1S/C22H18ClN3O3/c1-14(27)22-24-19-8-7-17(11-20(19)25(22)2)26-10-9-18(12-21(26)28)29-13-15-3-5-16(23)6-4-15/h3-12H,13H2,1-2H3. The molecule has 0 aliphatic rings. The van der Waals surface area contributed by atoms with Crippen molar-refractivity contribution in [3.05, 3.63) is 87.6 Å². The summed E-state index contributed by atoms with van der Waals surface area (Å²) in [4.78, 5) is 28.7. The van der Waals surface area contributed by atoms with Gasteiger partial charge in [0.1, 0.15) is 12.4 Å². The summed E-state index contributed by atoms with van der Waals surface area (Å²) < 4.78 is 8.97. The first-order valence-corrected chi connectivity index (χ1v) is 9.38. The van der Waals surface area contributed by atoms with Crippen LogP contribution in [0.1, 0.15) is 23.1 Å². The molecule has 0 aliphatic heterocycles. The lowest BCUT2D eigenvalue weighted by molar-refractivity contribution is 0.100. The van der Waals surface area contributed by atoms with E-state index in [-0.39, 0.29) is 11.3 Å². The highest BCUT2D eigenvalue weighted by atomic mass is 35.5. The van der Waals surface area contributed by atoms with Crippen LogP contribution in [0.2, 0.25) is 5.02 Å². The summed E-state index contributed by atoms with van der Waals surface area (Å²) in [7, 11) is 1.78. The van der Waals surface area contributed by atoms with E-state index in [2.05, 4.69) is 4.98 Å². The topological polar surface area (TPSA) is 66.1 Å². The number of carbonyl (C=O) groups excluding carboxylic acids is 1. The smallest absolute Gasteiger partial charge is 0.258 e. The Hall–Kier alpha value is -3.38. The normalized spacial score (nSPS) is 11.0. The van der Waals surface area contributed by atoms with Crippen LogP contribution >= 0.6 is 11.6 Å². The van der Waals surface area contributed by atoms with Crippen LogP contribution in [0.25, 0.3) is 16.7 Å². The molecule has 0 atom stereocenters. The Morgan fingerprint density at radius 1 is 1.10 bits per heavy atom. The minimum atomic E-state index is -0.216. The van der Waals surface area contributed by atoms with Gasteiger partial charge in [-0.3, -0.25) is 14.2 Å². The van der Waals surface area contributed by atoms with Crippen LogP contribution in [0.4, 0.5) is 0 Å². The van der Waals surface area contributed by atoms with Gasteiger partial charge < -0.3 is 9.30 Å². The number of imidazole rings is 1. The molecule has 0 aliphatic carbocycles. The molecule has 4 aromatic rings. The minimum Gasteiger partial charge on any atom is -0.489 e. The molecule has 4 rings (SSSR count). The molecule has 0 saturated carbocycles. The van der Waals surface area contributed by atoms with Crippen LogP contribution in [-0.2, 0) is 13.7 Å². The molecule has 7 heteroatoms. The third-order valence-corrected chi connectivity index (χ3v) is 4.92. The van der Waals surface area contributed by atoms with Crippen LogP contribution in [0.5, 0.6) is 5.75 Å². The first-order valence-electron chi connectivity index (χ1n) is 9.00. The summed E-state index contributed by atoms with van der Waals surface area (Å²) in [5.41, 5.74) is 2.92. The Kier molecular flexibility index (Phi) is 4.94. The number of hydrogen-bond acceptors (Lipinski definition) is 4. The number of rotatable bonds is 5. The molecule has 0 spiro atoms. The summed E-state index contributed by atoms with van der Waals surface area (Å²) >= 11 is 5.88. The van der Waals surface area contributed by atoms with Crippen molar-refractivity contribution in [1.82, 2.24) is 14.1 Å². The Bertz CT molecular complexity index is 1270. The van der Waals surface area contributed by atoms with Crippen LogP contribution in [-0.4, -0.2) is 19.9 Å². The van der Waals surface area contributed by atoms with E-state index >= 15 is 0 Å². The van der Waals surface area contributed by atoms with Gasteiger partial charge in [0, 0.05) is 31.3 Å². The lowest BCUT2D eigenvalue weighted by atomic mass is 10.2. The van der Waals surface area contributed by atoms with Crippen LogP contribution in [0.15, 0.2) is 65.6 Å². The van der Waals surface area contributed by atoms with Gasteiger partial charge in [0.05, 0.1) is 16.7 Å². The fourth-order valence-electron chi connectivity index (χ4n) is 3.15. The number of ether oxygens (including phenoxy) is 1. The highest BCUT2D eigenvalue weighted by Gasteiger charge is 2.12. The molecule has 2 aromatic carbocycles. The van der Waals surface area contributed by atoms with Crippen molar-refractivity contribution in [1.29, 1.82) is 0 Å². The second-order valence-electron chi connectivity index (χ2n) is 6.71. The predicted molar refractivity (Wildman–Crippen MR) is 112 cm³/mol. The van der Waals surface area contributed by atoms with E-state index in [4.69, 9.17) is 16.3 Å². The molecule has 0 N–H and O–H groups in total. The summed E-state index contributed by atoms with van der Waals surface area (Å²) in [5.74, 6) is 0.765. The molecule has 0 bridgehead atoms. The molecule has 0 unspecified atom stereocenters. The third kappa shape index (κ3) is 3.79. The molecular weight excluding hydrogens is 390 g/mol. The van der Waals surface area contributed by atoms with E-state index in [1.807, 2.05) is 18.2 Å². The zero-order valence-electron chi connectivity index (χ0n) is 15.9. The van der Waals surface area contributed by atoms with Gasteiger partial charge in [-0.05, 0) is 42.0 Å². The van der Waals surface area contributed by atoms with Gasteiger partial charge >= 0.3 is 0 Å². The average molecular weight is 408 g/mol. The van der Waals surface area contributed by atoms with Gasteiger partial charge in [-0.15, -0.1) is 0 Å². The van der Waals surface area contributed by atoms with Gasteiger partial charge in [0.2, 0.25) is 0 Å². The first kappa shape index (κ1) is 19.0. The van der Waals surface area contributed by atoms with Crippen LogP contribution in [0, 0.1) is 0 Å². The molecule has 0 radical (unpaired) electrons. The maximum atomic E-state index is 12.6. The van der Waals surface area contributed by atoms with E-state index in [9.17, 15) is 9.59 Å². The van der Waals surface area contributed by atoms with Gasteiger partial charge in [-0.1, -0.05) is 23.7 Å². The van der Waals surface area contributed by atoms with Crippen molar-refractivity contribution in [2.45, 2.75) is 13.5 Å². The van der Waals surface area contributed by atoms with E-state index in [1.165, 1.54) is 17.6 Å². The van der Waals surface area contributed by atoms with Crippen LogP contribution in [0.3, 0.4) is 0 Å². The lowest BCUT2D eigenvalue weighted by Gasteiger charge is -2.09. The maximum absolute atomic E-state index is 12.6. The van der Waals surface area contributed by atoms with E-state index in [1.54, 1.807) is 48.1 Å². The third-order valence-electron chi connectivity index (χ3n) is 4.67. The number of aromatic nitrogens is 3. The van der Waals surface area contributed by atoms with Crippen molar-refractivity contribution in [3.63, 3.8) is 0 Å². The number of Topliss-reactive ketones (excluding diaryl/α,β-unsaturated/α-hetero) is 1. The van der Waals surface area contributed by atoms with Gasteiger partial charge in [-0.2, -0.15) is 0 Å². The van der Waals surface area contributed by atoms with Crippen molar-refractivity contribution in [3.8, 4) is 11.4 Å². The quantitative estimate of drug-likeness (QED) is 0.466. The number of carbonyl (C=O) groups is 1. The zero-order chi connectivity index (χ0) is 20.5. The number of ketones is 1. The molecule has 6 nitrogen and oxygen atoms in total. The molecule has 2 heterocycles. The largest absolute Gasteiger partial charge is 0.489 e.